The van der Waals surface area contributed by atoms with Crippen molar-refractivity contribution in [3.63, 3.8) is 0 Å². The SMILES string of the molecule is O=C1C=C(Br)[C@H]2CC[C@@H]1C2. The molecular weight excluding hydrogens is 192 g/mol. The Bertz CT molecular complexity index is 207. The fourth-order valence-corrected chi connectivity index (χ4v) is 2.50. The number of ketones is 1. The van der Waals surface area contributed by atoms with Crippen LogP contribution in [-0.2, 0) is 4.79 Å². The van der Waals surface area contributed by atoms with E-state index in [1.807, 2.05) is 0 Å². The van der Waals surface area contributed by atoms with Gasteiger partial charge >= 0.3 is 0 Å². The van der Waals surface area contributed by atoms with Crippen molar-refractivity contribution in [2.45, 2.75) is 19.3 Å². The Morgan fingerprint density at radius 1 is 1.40 bits per heavy atom. The van der Waals surface area contributed by atoms with E-state index in [4.69, 9.17) is 0 Å². The Kier molecular flexibility index (Phi) is 1.44. The predicted molar refractivity (Wildman–Crippen MR) is 42.8 cm³/mol. The third-order valence-electron chi connectivity index (χ3n) is 2.51. The first kappa shape index (κ1) is 6.59. The zero-order chi connectivity index (χ0) is 7.14. The van der Waals surface area contributed by atoms with Gasteiger partial charge in [-0.05, 0) is 31.3 Å². The molecule has 0 heterocycles. The molecule has 2 bridgehead atoms. The molecule has 2 heteroatoms. The molecule has 0 amide bonds. The van der Waals surface area contributed by atoms with Crippen LogP contribution in [0, 0.1) is 11.8 Å². The van der Waals surface area contributed by atoms with Gasteiger partial charge in [0.2, 0.25) is 0 Å². The van der Waals surface area contributed by atoms with Gasteiger partial charge in [0.15, 0.2) is 5.78 Å². The summed E-state index contributed by atoms with van der Waals surface area (Å²) in [7, 11) is 0. The molecule has 2 atom stereocenters. The van der Waals surface area contributed by atoms with Crippen molar-refractivity contribution in [3.8, 4) is 0 Å². The van der Waals surface area contributed by atoms with Gasteiger partial charge in [0.25, 0.3) is 0 Å². The summed E-state index contributed by atoms with van der Waals surface area (Å²) in [5.41, 5.74) is 0. The maximum Gasteiger partial charge on any atom is 0.159 e. The lowest BCUT2D eigenvalue weighted by atomic mass is 9.94. The standard InChI is InChI=1S/C8H9BrO/c9-7-4-8(10)6-2-1-5(7)3-6/h4-6H,1-3H2/t5-,6+/m0/s1. The van der Waals surface area contributed by atoms with Crippen LogP contribution in [0.15, 0.2) is 10.6 Å². The number of carbonyl (C=O) groups is 1. The maximum atomic E-state index is 11.2. The van der Waals surface area contributed by atoms with E-state index >= 15 is 0 Å². The summed E-state index contributed by atoms with van der Waals surface area (Å²) in [6, 6.07) is 0. The minimum Gasteiger partial charge on any atom is -0.295 e. The molecule has 0 unspecified atom stereocenters. The topological polar surface area (TPSA) is 17.1 Å². The second-order valence-electron chi connectivity index (χ2n) is 3.14. The van der Waals surface area contributed by atoms with Crippen molar-refractivity contribution >= 4 is 21.7 Å². The average molecular weight is 201 g/mol. The van der Waals surface area contributed by atoms with E-state index in [0.29, 0.717) is 17.6 Å². The van der Waals surface area contributed by atoms with E-state index in [0.717, 1.165) is 17.3 Å². The monoisotopic (exact) mass is 200 g/mol. The highest BCUT2D eigenvalue weighted by Crippen LogP contribution is 2.42. The summed E-state index contributed by atoms with van der Waals surface area (Å²) in [6.07, 6.45) is 5.17. The molecule has 1 saturated carbocycles. The minimum absolute atomic E-state index is 0.334. The molecule has 10 heavy (non-hydrogen) atoms. The Balaban J connectivity index is 2.33. The molecule has 0 aromatic rings. The number of rotatable bonds is 0. The van der Waals surface area contributed by atoms with Crippen molar-refractivity contribution in [1.29, 1.82) is 0 Å². The van der Waals surface area contributed by atoms with E-state index < -0.39 is 0 Å². The zero-order valence-electron chi connectivity index (χ0n) is 5.64. The molecular formula is C8H9BrO. The molecule has 1 fully saturated rings. The van der Waals surface area contributed by atoms with Crippen molar-refractivity contribution in [3.05, 3.63) is 10.6 Å². The quantitative estimate of drug-likeness (QED) is 0.587. The Labute approximate surface area is 68.6 Å². The largest absolute Gasteiger partial charge is 0.295 e. The first-order valence-electron chi connectivity index (χ1n) is 3.68. The molecule has 1 nitrogen and oxygen atoms in total. The molecule has 54 valence electrons. The van der Waals surface area contributed by atoms with Crippen LogP contribution in [0.5, 0.6) is 0 Å². The molecule has 0 aromatic carbocycles. The summed E-state index contributed by atoms with van der Waals surface area (Å²) in [5.74, 6) is 1.37. The maximum absolute atomic E-state index is 11.2. The molecule has 2 aliphatic rings. The Morgan fingerprint density at radius 3 is 2.90 bits per heavy atom. The highest BCUT2D eigenvalue weighted by atomic mass is 79.9. The summed E-state index contributed by atoms with van der Waals surface area (Å²) < 4.78 is 1.13. The van der Waals surface area contributed by atoms with Crippen LogP contribution < -0.4 is 0 Å². The fourth-order valence-electron chi connectivity index (χ4n) is 1.86. The zero-order valence-corrected chi connectivity index (χ0v) is 7.23. The first-order valence-corrected chi connectivity index (χ1v) is 4.47. The normalized spacial score (nSPS) is 38.1. The van der Waals surface area contributed by atoms with Crippen LogP contribution in [0.4, 0.5) is 0 Å². The lowest BCUT2D eigenvalue weighted by molar-refractivity contribution is -0.118. The number of hydrogen-bond acceptors (Lipinski definition) is 1. The van der Waals surface area contributed by atoms with Gasteiger partial charge in [-0.3, -0.25) is 4.79 Å². The van der Waals surface area contributed by atoms with E-state index in [9.17, 15) is 4.79 Å². The van der Waals surface area contributed by atoms with Gasteiger partial charge < -0.3 is 0 Å². The second kappa shape index (κ2) is 2.19. The van der Waals surface area contributed by atoms with Crippen molar-refractivity contribution in [2.75, 3.05) is 0 Å². The van der Waals surface area contributed by atoms with Gasteiger partial charge in [-0.1, -0.05) is 15.9 Å². The van der Waals surface area contributed by atoms with Crippen LogP contribution >= 0.6 is 15.9 Å². The van der Waals surface area contributed by atoms with Crippen LogP contribution in [0.3, 0.4) is 0 Å². The van der Waals surface area contributed by atoms with Gasteiger partial charge in [-0.25, -0.2) is 0 Å². The molecule has 0 aromatic heterocycles. The van der Waals surface area contributed by atoms with E-state index in [2.05, 4.69) is 15.9 Å². The Morgan fingerprint density at radius 2 is 2.10 bits per heavy atom. The number of carbonyl (C=O) groups excluding carboxylic acids is 1. The molecule has 0 spiro atoms. The molecule has 0 N–H and O–H groups in total. The van der Waals surface area contributed by atoms with Crippen molar-refractivity contribution < 1.29 is 4.79 Å². The summed E-state index contributed by atoms with van der Waals surface area (Å²) >= 11 is 3.42. The molecule has 0 aliphatic heterocycles. The minimum atomic E-state index is 0.334. The van der Waals surface area contributed by atoms with Crippen molar-refractivity contribution in [2.24, 2.45) is 11.8 Å². The van der Waals surface area contributed by atoms with E-state index in [-0.39, 0.29) is 0 Å². The van der Waals surface area contributed by atoms with Gasteiger partial charge in [0.05, 0.1) is 0 Å². The lowest BCUT2D eigenvalue weighted by Gasteiger charge is -2.14. The molecule has 0 radical (unpaired) electrons. The van der Waals surface area contributed by atoms with E-state index in [1.165, 1.54) is 6.42 Å². The first-order chi connectivity index (χ1) is 4.77. The molecule has 2 rings (SSSR count). The highest BCUT2D eigenvalue weighted by Gasteiger charge is 2.34. The number of hydrogen-bond donors (Lipinski definition) is 0. The van der Waals surface area contributed by atoms with Gasteiger partial charge in [-0.2, -0.15) is 0 Å². The Hall–Kier alpha value is -0.110. The molecule has 0 saturated heterocycles. The number of allylic oxidation sites excluding steroid dienone is 2. The highest BCUT2D eigenvalue weighted by molar-refractivity contribution is 9.11. The molecule has 2 aliphatic carbocycles. The second-order valence-corrected chi connectivity index (χ2v) is 4.05. The average Bonchev–Trinajstić information content (AvgIpc) is 2.28. The van der Waals surface area contributed by atoms with Crippen LogP contribution in [-0.4, -0.2) is 5.78 Å². The third-order valence-corrected chi connectivity index (χ3v) is 3.38. The van der Waals surface area contributed by atoms with Gasteiger partial charge in [0.1, 0.15) is 0 Å². The third kappa shape index (κ3) is 0.858. The van der Waals surface area contributed by atoms with Crippen LogP contribution in [0.2, 0.25) is 0 Å². The summed E-state index contributed by atoms with van der Waals surface area (Å²) in [4.78, 5) is 11.2. The fraction of sp³-hybridized carbons (Fsp3) is 0.625. The van der Waals surface area contributed by atoms with Crippen molar-refractivity contribution in [1.82, 2.24) is 0 Å². The van der Waals surface area contributed by atoms with Crippen LogP contribution in [0.25, 0.3) is 0 Å². The van der Waals surface area contributed by atoms with Gasteiger partial charge in [-0.15, -0.1) is 0 Å². The van der Waals surface area contributed by atoms with E-state index in [1.54, 1.807) is 6.08 Å². The smallest absolute Gasteiger partial charge is 0.159 e. The predicted octanol–water partition coefficient (Wildman–Crippen LogP) is 2.26. The summed E-state index contributed by atoms with van der Waals surface area (Å²) in [5, 5.41) is 0. The number of halogens is 1. The number of fused-ring (bicyclic) bond motifs is 2. The van der Waals surface area contributed by atoms with Crippen LogP contribution in [0.1, 0.15) is 19.3 Å². The van der Waals surface area contributed by atoms with Gasteiger partial charge in [0, 0.05) is 10.4 Å². The summed E-state index contributed by atoms with van der Waals surface area (Å²) in [6.45, 7) is 0. The lowest BCUT2D eigenvalue weighted by Crippen LogP contribution is -2.13.